The zero-order chi connectivity index (χ0) is 30.4. The van der Waals surface area contributed by atoms with E-state index < -0.39 is 22.9 Å². The second kappa shape index (κ2) is 13.0. The van der Waals surface area contributed by atoms with Crippen LogP contribution in [-0.4, -0.2) is 49.6 Å². The van der Waals surface area contributed by atoms with E-state index in [0.29, 0.717) is 5.56 Å². The smallest absolute Gasteiger partial charge is 0.355 e. The Hall–Kier alpha value is -3.27. The van der Waals surface area contributed by atoms with Gasteiger partial charge in [0, 0.05) is 30.0 Å². The average Bonchev–Trinajstić information content (AvgIpc) is 3.62. The first-order chi connectivity index (χ1) is 20.7. The molecule has 2 aliphatic rings. The highest BCUT2D eigenvalue weighted by Crippen LogP contribution is 2.52. The third kappa shape index (κ3) is 5.66. The van der Waals surface area contributed by atoms with E-state index in [9.17, 15) is 24.8 Å². The molecule has 13 heteroatoms. The van der Waals surface area contributed by atoms with Gasteiger partial charge in [0.2, 0.25) is 15.8 Å². The Labute approximate surface area is 279 Å². The van der Waals surface area contributed by atoms with Gasteiger partial charge in [-0.1, -0.05) is 60.4 Å². The molecule has 1 saturated heterocycles. The van der Waals surface area contributed by atoms with E-state index in [2.05, 4.69) is 27.4 Å². The molecule has 0 radical (unpaired) electrons. The number of imidazole rings is 1. The summed E-state index contributed by atoms with van der Waals surface area (Å²) in [6, 6.07) is 15.8. The van der Waals surface area contributed by atoms with Gasteiger partial charge >= 0.3 is 5.97 Å². The molecule has 1 N–H and O–H groups in total. The number of thioether (sulfide) groups is 1. The maximum Gasteiger partial charge on any atom is 0.355 e. The Morgan fingerprint density at radius 1 is 1.18 bits per heavy atom. The summed E-state index contributed by atoms with van der Waals surface area (Å²) < 4.78 is 9.97. The van der Waals surface area contributed by atoms with Crippen LogP contribution < -0.4 is 28.5 Å². The van der Waals surface area contributed by atoms with Gasteiger partial charge in [-0.3, -0.25) is 14.9 Å². The van der Waals surface area contributed by atoms with Crippen molar-refractivity contribution in [2.75, 3.05) is 6.26 Å². The largest absolute Gasteiger partial charge is 1.00 e. The fourth-order valence-corrected chi connectivity index (χ4v) is 8.34. The number of halogens is 1. The number of aliphatic hydroxyl groups excluding tert-OH is 1. The van der Waals surface area contributed by atoms with Crippen molar-refractivity contribution in [2.24, 2.45) is 11.8 Å². The number of thiazole rings is 1. The predicted molar refractivity (Wildman–Crippen MR) is 162 cm³/mol. The fraction of sp³-hybridized carbons (Fsp3) is 0.323. The van der Waals surface area contributed by atoms with Gasteiger partial charge < -0.3 is 38.7 Å². The third-order valence-electron chi connectivity index (χ3n) is 8.23. The van der Waals surface area contributed by atoms with Gasteiger partial charge in [-0.25, -0.2) is 9.36 Å². The first-order valence-electron chi connectivity index (χ1n) is 14.0. The van der Waals surface area contributed by atoms with Crippen LogP contribution >= 0.6 is 23.1 Å². The number of nitro benzene ring substituents is 1. The standard InChI is InChI=1S/C31H31N4O6S2.HI/c1-18-24(23-15-33-17-32(29(42-3)30(33)43-23)14-13-20-7-5-4-6-8-20)27(34-26(18)25(19(2)36)28(34)37)31(38)41-16-21-9-11-22(12-10-21)35(39)40;/h4-12,15,17-19,25-26,36H,13-14,16H2,1-3H3;1H/q+1;/p-1/t18-,19+,25+,26+;/m0./s1. The van der Waals surface area contributed by atoms with Crippen LogP contribution in [0.15, 0.2) is 77.8 Å². The number of fused-ring (bicyclic) bond motifs is 2. The van der Waals surface area contributed by atoms with Crippen molar-refractivity contribution in [2.45, 2.75) is 50.6 Å². The Morgan fingerprint density at radius 2 is 1.89 bits per heavy atom. The molecule has 0 bridgehead atoms. The number of ether oxygens (including phenoxy) is 1. The number of aromatic nitrogens is 2. The number of non-ortho nitro benzene ring substituents is 1. The molecule has 2 aliphatic heterocycles. The van der Waals surface area contributed by atoms with Crippen molar-refractivity contribution in [1.82, 2.24) is 9.30 Å². The Bertz CT molecular complexity index is 1750. The molecule has 6 rings (SSSR count). The van der Waals surface area contributed by atoms with Crippen LogP contribution in [0, 0.1) is 22.0 Å². The molecule has 0 aliphatic carbocycles. The first kappa shape index (κ1) is 32.1. The molecule has 2 aromatic carbocycles. The van der Waals surface area contributed by atoms with Crippen LogP contribution in [0.5, 0.6) is 0 Å². The number of aryl methyl sites for hydroxylation is 2. The summed E-state index contributed by atoms with van der Waals surface area (Å²) >= 11 is 3.23. The number of carbonyl (C=O) groups is 2. The van der Waals surface area contributed by atoms with Crippen LogP contribution in [0.1, 0.15) is 29.9 Å². The normalized spacial score (nSPS) is 19.9. The molecule has 0 unspecified atom stereocenters. The maximum absolute atomic E-state index is 13.6. The van der Waals surface area contributed by atoms with E-state index in [1.54, 1.807) is 42.2 Å². The Morgan fingerprint density at radius 3 is 2.52 bits per heavy atom. The molecule has 1 amide bonds. The predicted octanol–water partition coefficient (Wildman–Crippen LogP) is 1.48. The van der Waals surface area contributed by atoms with Crippen LogP contribution in [0.3, 0.4) is 0 Å². The molecule has 1 fully saturated rings. The van der Waals surface area contributed by atoms with E-state index in [1.165, 1.54) is 22.6 Å². The van der Waals surface area contributed by atoms with Gasteiger partial charge in [0.05, 0.1) is 34.4 Å². The lowest BCUT2D eigenvalue weighted by Crippen LogP contribution is -3.00. The van der Waals surface area contributed by atoms with Crippen molar-refractivity contribution in [1.29, 1.82) is 0 Å². The molecule has 0 spiro atoms. The highest BCUT2D eigenvalue weighted by molar-refractivity contribution is 7.98. The molecular formula is C31H31IN4O6S2. The summed E-state index contributed by atoms with van der Waals surface area (Å²) in [4.78, 5) is 40.7. The number of benzene rings is 2. The van der Waals surface area contributed by atoms with Gasteiger partial charge in [0.15, 0.2) is 0 Å². The summed E-state index contributed by atoms with van der Waals surface area (Å²) in [6.07, 6.45) is 6.16. The SMILES string of the molecule is CSc1c2sc(C3=C(C(=O)OCc4ccc([N+](=O)[O-])cc4)N4C(=O)[C@H]([C@@H](C)O)[C@H]4[C@H]3C)cn2c[n+]1CCc1ccccc1.[I-]. The molecule has 4 aromatic rings. The number of β-lactam (4-membered cyclic amide) rings is 1. The summed E-state index contributed by atoms with van der Waals surface area (Å²) in [5.74, 6) is -1.74. The number of hydrogen-bond acceptors (Lipinski definition) is 8. The van der Waals surface area contributed by atoms with Crippen molar-refractivity contribution in [3.05, 3.63) is 98.9 Å². The topological polar surface area (TPSA) is 118 Å². The second-order valence-electron chi connectivity index (χ2n) is 10.9. The van der Waals surface area contributed by atoms with Gasteiger partial charge in [0.1, 0.15) is 18.5 Å². The quantitative estimate of drug-likeness (QED) is 0.0497. The molecule has 10 nitrogen and oxygen atoms in total. The monoisotopic (exact) mass is 746 g/mol. The summed E-state index contributed by atoms with van der Waals surface area (Å²) in [5.41, 5.74) is 2.74. The van der Waals surface area contributed by atoms with Crippen molar-refractivity contribution in [3.63, 3.8) is 0 Å². The highest BCUT2D eigenvalue weighted by Gasteiger charge is 2.60. The number of nitro groups is 1. The number of rotatable bonds is 10. The minimum absolute atomic E-state index is 0. The van der Waals surface area contributed by atoms with Crippen LogP contribution in [0.4, 0.5) is 5.69 Å². The zero-order valence-corrected chi connectivity index (χ0v) is 28.0. The fourth-order valence-electron chi connectivity index (χ4n) is 6.13. The maximum atomic E-state index is 13.6. The lowest BCUT2D eigenvalue weighted by Gasteiger charge is -2.46. The van der Waals surface area contributed by atoms with Gasteiger partial charge in [0.25, 0.3) is 12.0 Å². The average molecular weight is 747 g/mol. The van der Waals surface area contributed by atoms with E-state index in [-0.39, 0.29) is 59.8 Å². The Balaban J connectivity index is 0.00000384. The number of aliphatic hydroxyl groups is 1. The van der Waals surface area contributed by atoms with Crippen LogP contribution in [0.2, 0.25) is 0 Å². The van der Waals surface area contributed by atoms with E-state index in [1.807, 2.05) is 37.6 Å². The van der Waals surface area contributed by atoms with Crippen LogP contribution in [0.25, 0.3) is 10.4 Å². The van der Waals surface area contributed by atoms with E-state index in [4.69, 9.17) is 4.74 Å². The lowest BCUT2D eigenvalue weighted by molar-refractivity contribution is -0.729. The molecule has 4 heterocycles. The number of esters is 1. The van der Waals surface area contributed by atoms with Crippen molar-refractivity contribution >= 4 is 51.1 Å². The number of amides is 1. The molecule has 0 saturated carbocycles. The molecule has 2 aromatic heterocycles. The van der Waals surface area contributed by atoms with Crippen molar-refractivity contribution in [3.8, 4) is 0 Å². The molecule has 44 heavy (non-hydrogen) atoms. The van der Waals surface area contributed by atoms with Crippen molar-refractivity contribution < 1.29 is 52.9 Å². The van der Waals surface area contributed by atoms with Crippen LogP contribution in [-0.2, 0) is 33.9 Å². The van der Waals surface area contributed by atoms with Gasteiger partial charge in [-0.05, 0) is 36.4 Å². The lowest BCUT2D eigenvalue weighted by atomic mass is 9.77. The molecule has 230 valence electrons. The van der Waals surface area contributed by atoms with Gasteiger partial charge in [-0.2, -0.15) is 4.40 Å². The van der Waals surface area contributed by atoms with E-state index in [0.717, 1.165) is 33.3 Å². The minimum Gasteiger partial charge on any atom is -1.00 e. The Kier molecular flexibility index (Phi) is 9.49. The first-order valence-corrected chi connectivity index (χ1v) is 16.0. The summed E-state index contributed by atoms with van der Waals surface area (Å²) in [7, 11) is 0. The molecule has 4 atom stereocenters. The minimum atomic E-state index is -0.849. The number of hydrogen-bond donors (Lipinski definition) is 1. The summed E-state index contributed by atoms with van der Waals surface area (Å²) in [6.45, 7) is 4.31. The zero-order valence-electron chi connectivity index (χ0n) is 24.3. The second-order valence-corrected chi connectivity index (χ2v) is 12.7. The highest BCUT2D eigenvalue weighted by atomic mass is 127. The summed E-state index contributed by atoms with van der Waals surface area (Å²) in [5, 5.41) is 22.5. The van der Waals surface area contributed by atoms with E-state index >= 15 is 0 Å². The number of carbonyl (C=O) groups excluding carboxylic acids is 2. The molecular weight excluding hydrogens is 715 g/mol. The third-order valence-corrected chi connectivity index (χ3v) is 10.3. The number of nitrogens with zero attached hydrogens (tertiary/aromatic N) is 4. The van der Waals surface area contributed by atoms with Gasteiger partial charge in [-0.15, -0.1) is 0 Å².